The van der Waals surface area contributed by atoms with Crippen molar-refractivity contribution in [2.45, 2.75) is 25.8 Å². The number of rotatable bonds is 6. The van der Waals surface area contributed by atoms with Crippen molar-refractivity contribution in [3.8, 4) is 0 Å². The van der Waals surface area contributed by atoms with Gasteiger partial charge in [-0.15, -0.1) is 0 Å². The molecule has 0 unspecified atom stereocenters. The molecule has 0 bridgehead atoms. The van der Waals surface area contributed by atoms with Gasteiger partial charge in [0.05, 0.1) is 13.7 Å². The Labute approximate surface area is 73.0 Å². The monoisotopic (exact) mass is 175 g/mol. The van der Waals surface area contributed by atoms with E-state index in [1.165, 1.54) is 7.11 Å². The molecule has 0 fully saturated rings. The van der Waals surface area contributed by atoms with Gasteiger partial charge in [-0.1, -0.05) is 13.3 Å². The Morgan fingerprint density at radius 3 is 2.75 bits per heavy atom. The molecule has 0 saturated carbocycles. The summed E-state index contributed by atoms with van der Waals surface area (Å²) < 4.78 is 9.56. The molecule has 0 aromatic rings. The van der Waals surface area contributed by atoms with E-state index in [4.69, 9.17) is 10.5 Å². The fourth-order valence-corrected chi connectivity index (χ4v) is 0.676. The van der Waals surface area contributed by atoms with Crippen molar-refractivity contribution in [2.24, 2.45) is 5.73 Å². The molecule has 12 heavy (non-hydrogen) atoms. The first kappa shape index (κ1) is 11.4. The van der Waals surface area contributed by atoms with Crippen LogP contribution in [0.1, 0.15) is 19.8 Å². The number of ether oxygens (including phenoxy) is 2. The molecule has 4 nitrogen and oxygen atoms in total. The summed E-state index contributed by atoms with van der Waals surface area (Å²) in [5.41, 5.74) is 5.41. The number of unbranched alkanes of at least 4 members (excludes halogenated alkanes) is 1. The van der Waals surface area contributed by atoms with E-state index < -0.39 is 12.0 Å². The normalized spacial score (nSPS) is 12.6. The van der Waals surface area contributed by atoms with Crippen LogP contribution in [-0.2, 0) is 14.3 Å². The molecule has 0 aromatic heterocycles. The highest BCUT2D eigenvalue weighted by atomic mass is 16.5. The van der Waals surface area contributed by atoms with E-state index in [9.17, 15) is 4.79 Å². The van der Waals surface area contributed by atoms with Crippen molar-refractivity contribution < 1.29 is 14.3 Å². The third-order valence-corrected chi connectivity index (χ3v) is 1.44. The molecular formula is C8H17NO3. The molecule has 0 spiro atoms. The van der Waals surface area contributed by atoms with Gasteiger partial charge in [-0.05, 0) is 6.42 Å². The molecule has 72 valence electrons. The van der Waals surface area contributed by atoms with Crippen LogP contribution in [0.2, 0.25) is 0 Å². The van der Waals surface area contributed by atoms with Crippen LogP contribution in [0, 0.1) is 0 Å². The predicted octanol–water partition coefficient (Wildman–Crippen LogP) is 0.303. The zero-order valence-electron chi connectivity index (χ0n) is 7.71. The van der Waals surface area contributed by atoms with Gasteiger partial charge < -0.3 is 15.2 Å². The Kier molecular flexibility index (Phi) is 6.70. The van der Waals surface area contributed by atoms with Crippen LogP contribution in [0.4, 0.5) is 0 Å². The van der Waals surface area contributed by atoms with Crippen LogP contribution >= 0.6 is 0 Å². The number of nitrogens with two attached hydrogens (primary N) is 1. The number of hydrogen-bond donors (Lipinski definition) is 1. The van der Waals surface area contributed by atoms with Crippen molar-refractivity contribution in [1.82, 2.24) is 0 Å². The summed E-state index contributed by atoms with van der Waals surface area (Å²) in [6.45, 7) is 2.97. The van der Waals surface area contributed by atoms with Gasteiger partial charge in [-0.2, -0.15) is 0 Å². The summed E-state index contributed by atoms with van der Waals surface area (Å²) >= 11 is 0. The molecule has 0 rings (SSSR count). The molecule has 0 radical (unpaired) electrons. The lowest BCUT2D eigenvalue weighted by Crippen LogP contribution is -2.36. The second kappa shape index (κ2) is 7.06. The molecule has 4 heteroatoms. The van der Waals surface area contributed by atoms with Crippen molar-refractivity contribution >= 4 is 5.97 Å². The highest BCUT2D eigenvalue weighted by molar-refractivity contribution is 5.75. The number of methoxy groups -OCH3 is 1. The number of esters is 1. The quantitative estimate of drug-likeness (QED) is 0.466. The molecular weight excluding hydrogens is 158 g/mol. The third kappa shape index (κ3) is 5.09. The topological polar surface area (TPSA) is 61.5 Å². The summed E-state index contributed by atoms with van der Waals surface area (Å²) in [7, 11) is 1.31. The Hall–Kier alpha value is -0.610. The van der Waals surface area contributed by atoms with Crippen molar-refractivity contribution in [3.05, 3.63) is 0 Å². The van der Waals surface area contributed by atoms with Crippen molar-refractivity contribution in [3.63, 3.8) is 0 Å². The minimum Gasteiger partial charge on any atom is -0.468 e. The first-order chi connectivity index (χ1) is 5.72. The second-order valence-electron chi connectivity index (χ2n) is 2.56. The average molecular weight is 175 g/mol. The zero-order chi connectivity index (χ0) is 9.40. The number of carbonyl (C=O) groups excluding carboxylic acids is 1. The average Bonchev–Trinajstić information content (AvgIpc) is 2.10. The summed E-state index contributed by atoms with van der Waals surface area (Å²) in [6, 6.07) is -0.646. The molecule has 0 saturated heterocycles. The SMILES string of the molecule is CCCCOC[C@H](N)C(=O)OC. The maximum atomic E-state index is 10.7. The lowest BCUT2D eigenvalue weighted by molar-refractivity contribution is -0.143. The first-order valence-electron chi connectivity index (χ1n) is 4.13. The zero-order valence-corrected chi connectivity index (χ0v) is 7.71. The Balaban J connectivity index is 3.31. The smallest absolute Gasteiger partial charge is 0.325 e. The Morgan fingerprint density at radius 1 is 1.58 bits per heavy atom. The van der Waals surface area contributed by atoms with Crippen LogP contribution in [0.5, 0.6) is 0 Å². The maximum Gasteiger partial charge on any atom is 0.325 e. The van der Waals surface area contributed by atoms with Gasteiger partial charge in [0.1, 0.15) is 6.04 Å². The fourth-order valence-electron chi connectivity index (χ4n) is 0.676. The lowest BCUT2D eigenvalue weighted by Gasteiger charge is -2.08. The van der Waals surface area contributed by atoms with Crippen LogP contribution in [0.15, 0.2) is 0 Å². The van der Waals surface area contributed by atoms with Gasteiger partial charge in [0.15, 0.2) is 0 Å². The lowest BCUT2D eigenvalue weighted by atomic mass is 10.3. The molecule has 0 aliphatic rings. The van der Waals surface area contributed by atoms with Crippen molar-refractivity contribution in [2.75, 3.05) is 20.3 Å². The van der Waals surface area contributed by atoms with Gasteiger partial charge in [0, 0.05) is 6.61 Å². The minimum absolute atomic E-state index is 0.243. The van der Waals surface area contributed by atoms with E-state index >= 15 is 0 Å². The number of carbonyl (C=O) groups is 1. The predicted molar refractivity (Wildman–Crippen MR) is 45.7 cm³/mol. The Bertz CT molecular complexity index is 127. The molecule has 0 aromatic carbocycles. The van der Waals surface area contributed by atoms with E-state index in [-0.39, 0.29) is 6.61 Å². The molecule has 2 N–H and O–H groups in total. The molecule has 0 aliphatic carbocycles. The summed E-state index contributed by atoms with van der Waals surface area (Å²) in [4.78, 5) is 10.7. The minimum atomic E-state index is -0.646. The molecule has 0 amide bonds. The summed E-state index contributed by atoms with van der Waals surface area (Å²) in [5.74, 6) is -0.425. The summed E-state index contributed by atoms with van der Waals surface area (Å²) in [5, 5.41) is 0. The van der Waals surface area contributed by atoms with Gasteiger partial charge in [0.25, 0.3) is 0 Å². The van der Waals surface area contributed by atoms with E-state index in [1.807, 2.05) is 0 Å². The van der Waals surface area contributed by atoms with E-state index in [2.05, 4.69) is 11.7 Å². The third-order valence-electron chi connectivity index (χ3n) is 1.44. The number of hydrogen-bond acceptors (Lipinski definition) is 4. The van der Waals surface area contributed by atoms with Gasteiger partial charge in [0.2, 0.25) is 0 Å². The van der Waals surface area contributed by atoms with E-state index in [0.717, 1.165) is 12.8 Å². The molecule has 0 aliphatic heterocycles. The van der Waals surface area contributed by atoms with Crippen LogP contribution in [0.3, 0.4) is 0 Å². The van der Waals surface area contributed by atoms with Crippen LogP contribution in [0.25, 0.3) is 0 Å². The highest BCUT2D eigenvalue weighted by Gasteiger charge is 2.12. The van der Waals surface area contributed by atoms with Gasteiger partial charge >= 0.3 is 5.97 Å². The standard InChI is InChI=1S/C8H17NO3/c1-3-4-5-12-6-7(9)8(10)11-2/h7H,3-6,9H2,1-2H3/t7-/m0/s1. The fraction of sp³-hybridized carbons (Fsp3) is 0.875. The van der Waals surface area contributed by atoms with Crippen LogP contribution < -0.4 is 5.73 Å². The van der Waals surface area contributed by atoms with E-state index in [1.54, 1.807) is 0 Å². The molecule has 0 heterocycles. The van der Waals surface area contributed by atoms with Crippen LogP contribution in [-0.4, -0.2) is 32.3 Å². The highest BCUT2D eigenvalue weighted by Crippen LogP contribution is 1.90. The summed E-state index contributed by atoms with van der Waals surface area (Å²) in [6.07, 6.45) is 2.07. The van der Waals surface area contributed by atoms with Gasteiger partial charge in [-0.25, -0.2) is 0 Å². The largest absolute Gasteiger partial charge is 0.468 e. The van der Waals surface area contributed by atoms with Crippen molar-refractivity contribution in [1.29, 1.82) is 0 Å². The maximum absolute atomic E-state index is 10.7. The van der Waals surface area contributed by atoms with E-state index in [0.29, 0.717) is 6.61 Å². The Morgan fingerprint density at radius 2 is 2.25 bits per heavy atom. The van der Waals surface area contributed by atoms with Gasteiger partial charge in [-0.3, -0.25) is 4.79 Å². The first-order valence-corrected chi connectivity index (χ1v) is 4.13. The second-order valence-corrected chi connectivity index (χ2v) is 2.56. The molecule has 1 atom stereocenters.